The van der Waals surface area contributed by atoms with E-state index in [2.05, 4.69) is 10.3 Å². The van der Waals surface area contributed by atoms with Crippen LogP contribution in [-0.2, 0) is 9.59 Å². The van der Waals surface area contributed by atoms with Gasteiger partial charge in [-0.2, -0.15) is 0 Å². The topological polar surface area (TPSA) is 121 Å². The fourth-order valence-electron chi connectivity index (χ4n) is 2.70. The van der Waals surface area contributed by atoms with E-state index in [-0.39, 0.29) is 25.3 Å². The average molecular weight is 347 g/mol. The van der Waals surface area contributed by atoms with E-state index in [1.165, 1.54) is 0 Å². The molecular weight excluding hydrogens is 326 g/mol. The van der Waals surface area contributed by atoms with Gasteiger partial charge in [-0.1, -0.05) is 26.0 Å². The van der Waals surface area contributed by atoms with Crippen molar-refractivity contribution in [1.82, 2.24) is 14.9 Å². The number of carboxylic acids is 1. The van der Waals surface area contributed by atoms with Gasteiger partial charge in [0.25, 0.3) is 5.56 Å². The average Bonchev–Trinajstić information content (AvgIpc) is 2.54. The van der Waals surface area contributed by atoms with Crippen LogP contribution in [-0.4, -0.2) is 33.1 Å². The van der Waals surface area contributed by atoms with Gasteiger partial charge in [-0.15, -0.1) is 0 Å². The third-order valence-corrected chi connectivity index (χ3v) is 3.88. The van der Waals surface area contributed by atoms with Crippen LogP contribution in [0.2, 0.25) is 0 Å². The molecule has 0 aliphatic rings. The molecule has 8 nitrogen and oxygen atoms in total. The summed E-state index contributed by atoms with van der Waals surface area (Å²) in [6.07, 6.45) is 0.206. The molecule has 0 fully saturated rings. The smallest absolute Gasteiger partial charge is 0.329 e. The quantitative estimate of drug-likeness (QED) is 0.642. The molecule has 1 heterocycles. The van der Waals surface area contributed by atoms with E-state index in [1.54, 1.807) is 38.1 Å². The largest absolute Gasteiger partial charge is 0.481 e. The number of aromatic nitrogens is 2. The number of rotatable bonds is 7. The van der Waals surface area contributed by atoms with Gasteiger partial charge in [-0.3, -0.25) is 14.4 Å². The highest BCUT2D eigenvalue weighted by atomic mass is 16.4. The van der Waals surface area contributed by atoms with Crippen LogP contribution in [0, 0.1) is 5.92 Å². The Morgan fingerprint density at radius 2 is 1.92 bits per heavy atom. The van der Waals surface area contributed by atoms with Crippen molar-refractivity contribution in [1.29, 1.82) is 0 Å². The van der Waals surface area contributed by atoms with Crippen molar-refractivity contribution < 1.29 is 14.7 Å². The van der Waals surface area contributed by atoms with E-state index < -0.39 is 29.2 Å². The highest BCUT2D eigenvalue weighted by Crippen LogP contribution is 2.15. The van der Waals surface area contributed by atoms with Crippen molar-refractivity contribution in [3.63, 3.8) is 0 Å². The summed E-state index contributed by atoms with van der Waals surface area (Å²) in [7, 11) is 0. The predicted molar refractivity (Wildman–Crippen MR) is 92.6 cm³/mol. The normalized spacial score (nSPS) is 12.3. The Morgan fingerprint density at radius 3 is 2.56 bits per heavy atom. The number of H-pyrrole nitrogens is 1. The molecule has 3 N–H and O–H groups in total. The van der Waals surface area contributed by atoms with E-state index in [0.29, 0.717) is 10.9 Å². The van der Waals surface area contributed by atoms with Gasteiger partial charge in [0.1, 0.15) is 6.04 Å². The molecule has 0 bridgehead atoms. The first-order valence-electron chi connectivity index (χ1n) is 8.06. The lowest BCUT2D eigenvalue weighted by atomic mass is 10.0. The lowest BCUT2D eigenvalue weighted by Gasteiger charge is -2.22. The van der Waals surface area contributed by atoms with Crippen molar-refractivity contribution in [3.8, 4) is 0 Å². The summed E-state index contributed by atoms with van der Waals surface area (Å²) < 4.78 is 0.930. The standard InChI is InChI=1S/C17H21N3O5/c1-10(2)14(15(23)18-9-5-8-13(21)22)20-16(24)11-6-3-4-7-12(11)19-17(20)25/h3-4,6-7,10,14H,5,8-9H2,1-2H3,(H,18,23)(H,19,25)(H,21,22). The van der Waals surface area contributed by atoms with Gasteiger partial charge < -0.3 is 15.4 Å². The minimum atomic E-state index is -0.981. The number of amides is 1. The van der Waals surface area contributed by atoms with Gasteiger partial charge in [0.05, 0.1) is 10.9 Å². The fraction of sp³-hybridized carbons (Fsp3) is 0.412. The minimum Gasteiger partial charge on any atom is -0.481 e. The van der Waals surface area contributed by atoms with Crippen molar-refractivity contribution in [3.05, 3.63) is 45.1 Å². The summed E-state index contributed by atoms with van der Waals surface area (Å²) in [5.41, 5.74) is -0.764. The molecule has 1 aromatic heterocycles. The zero-order chi connectivity index (χ0) is 18.6. The number of carbonyl (C=O) groups is 2. The minimum absolute atomic E-state index is 0.0663. The number of para-hydroxylation sites is 1. The molecule has 1 atom stereocenters. The number of carbonyl (C=O) groups excluding carboxylic acids is 1. The third-order valence-electron chi connectivity index (χ3n) is 3.88. The maximum Gasteiger partial charge on any atom is 0.329 e. The molecule has 2 aromatic rings. The maximum absolute atomic E-state index is 12.7. The van der Waals surface area contributed by atoms with Crippen LogP contribution in [0.25, 0.3) is 10.9 Å². The molecule has 25 heavy (non-hydrogen) atoms. The summed E-state index contributed by atoms with van der Waals surface area (Å²) >= 11 is 0. The van der Waals surface area contributed by atoms with Crippen LogP contribution in [0.3, 0.4) is 0 Å². The number of hydrogen-bond acceptors (Lipinski definition) is 4. The van der Waals surface area contributed by atoms with Gasteiger partial charge in [-0.05, 0) is 24.5 Å². The van der Waals surface area contributed by atoms with Gasteiger partial charge in [0.2, 0.25) is 5.91 Å². The molecule has 0 spiro atoms. The number of nitrogens with one attached hydrogen (secondary N) is 2. The number of hydrogen-bond donors (Lipinski definition) is 3. The van der Waals surface area contributed by atoms with Gasteiger partial charge in [0.15, 0.2) is 0 Å². The molecule has 2 rings (SSSR count). The molecule has 1 unspecified atom stereocenters. The van der Waals surface area contributed by atoms with E-state index in [9.17, 15) is 19.2 Å². The lowest BCUT2D eigenvalue weighted by molar-refractivity contribution is -0.137. The molecular formula is C17H21N3O5. The monoisotopic (exact) mass is 347 g/mol. The van der Waals surface area contributed by atoms with Crippen LogP contribution < -0.4 is 16.6 Å². The van der Waals surface area contributed by atoms with Crippen molar-refractivity contribution in [2.45, 2.75) is 32.7 Å². The van der Waals surface area contributed by atoms with Crippen LogP contribution in [0.5, 0.6) is 0 Å². The Bertz CT molecular complexity index is 897. The maximum atomic E-state index is 12.7. The van der Waals surface area contributed by atoms with Crippen LogP contribution in [0.4, 0.5) is 0 Å². The van der Waals surface area contributed by atoms with E-state index in [4.69, 9.17) is 5.11 Å². The summed E-state index contributed by atoms with van der Waals surface area (Å²) in [4.78, 5) is 50.7. The Kier molecular flexibility index (Phi) is 5.74. The van der Waals surface area contributed by atoms with Crippen molar-refractivity contribution in [2.75, 3.05) is 6.54 Å². The molecule has 0 saturated carbocycles. The van der Waals surface area contributed by atoms with Gasteiger partial charge in [0, 0.05) is 13.0 Å². The Balaban J connectivity index is 2.36. The number of aromatic amines is 1. The zero-order valence-corrected chi connectivity index (χ0v) is 14.1. The molecule has 0 saturated heterocycles. The molecule has 1 aromatic carbocycles. The Morgan fingerprint density at radius 1 is 1.24 bits per heavy atom. The fourth-order valence-corrected chi connectivity index (χ4v) is 2.70. The predicted octanol–water partition coefficient (Wildman–Crippen LogP) is 0.868. The van der Waals surface area contributed by atoms with E-state index >= 15 is 0 Å². The number of nitrogens with zero attached hydrogens (tertiary/aromatic N) is 1. The lowest BCUT2D eigenvalue weighted by Crippen LogP contribution is -2.46. The first-order valence-corrected chi connectivity index (χ1v) is 8.06. The molecule has 134 valence electrons. The molecule has 0 aliphatic carbocycles. The first-order chi connectivity index (χ1) is 11.8. The molecule has 0 aliphatic heterocycles. The van der Waals surface area contributed by atoms with Gasteiger partial charge >= 0.3 is 11.7 Å². The summed E-state index contributed by atoms with van der Waals surface area (Å²) in [6.45, 7) is 3.64. The second kappa shape index (κ2) is 7.78. The zero-order valence-electron chi connectivity index (χ0n) is 14.1. The summed E-state index contributed by atoms with van der Waals surface area (Å²) in [5, 5.41) is 11.6. The molecule has 0 radical (unpaired) electrons. The number of fused-ring (bicyclic) bond motifs is 1. The van der Waals surface area contributed by atoms with Crippen LogP contribution in [0.15, 0.2) is 33.9 Å². The van der Waals surface area contributed by atoms with Crippen molar-refractivity contribution >= 4 is 22.8 Å². The number of aliphatic carboxylic acids is 1. The van der Waals surface area contributed by atoms with Gasteiger partial charge in [-0.25, -0.2) is 9.36 Å². The highest BCUT2D eigenvalue weighted by molar-refractivity contribution is 5.82. The number of carboxylic acid groups (broad SMARTS) is 1. The second-order valence-electron chi connectivity index (χ2n) is 6.13. The third kappa shape index (κ3) is 4.14. The van der Waals surface area contributed by atoms with Crippen LogP contribution in [0.1, 0.15) is 32.7 Å². The first kappa shape index (κ1) is 18.4. The van der Waals surface area contributed by atoms with E-state index in [0.717, 1.165) is 4.57 Å². The SMILES string of the molecule is CC(C)C(C(=O)NCCCC(=O)O)n1c(=O)[nH]c2ccccc2c1=O. The van der Waals surface area contributed by atoms with Crippen LogP contribution >= 0.6 is 0 Å². The Hall–Kier alpha value is -2.90. The Labute approximate surface area is 143 Å². The van der Waals surface area contributed by atoms with E-state index in [1.807, 2.05) is 0 Å². The summed E-state index contributed by atoms with van der Waals surface area (Å²) in [5.74, 6) is -1.74. The van der Waals surface area contributed by atoms with Crippen molar-refractivity contribution in [2.24, 2.45) is 5.92 Å². The molecule has 1 amide bonds. The molecule has 8 heteroatoms. The second-order valence-corrected chi connectivity index (χ2v) is 6.13. The summed E-state index contributed by atoms with van der Waals surface area (Å²) in [6, 6.07) is 5.62. The number of benzene rings is 1. The highest BCUT2D eigenvalue weighted by Gasteiger charge is 2.27.